The predicted molar refractivity (Wildman–Crippen MR) is 208 cm³/mol. The maximum absolute atomic E-state index is 5.19. The Bertz CT molecular complexity index is 1920. The zero-order chi connectivity index (χ0) is 34.3. The molecule has 3 heterocycles. The molecule has 6 rings (SSSR count). The Morgan fingerprint density at radius 1 is 0.551 bits per heavy atom. The number of fused-ring (bicyclic) bond motifs is 1. The predicted octanol–water partition coefficient (Wildman–Crippen LogP) is 11.1. The number of benzene rings is 3. The van der Waals surface area contributed by atoms with E-state index < -0.39 is 0 Å². The summed E-state index contributed by atoms with van der Waals surface area (Å²) in [5, 5.41) is 0. The van der Waals surface area contributed by atoms with Crippen LogP contribution in [0.4, 0.5) is 17.1 Å². The van der Waals surface area contributed by atoms with Crippen molar-refractivity contribution in [3.8, 4) is 0 Å². The van der Waals surface area contributed by atoms with Crippen molar-refractivity contribution in [2.45, 2.75) is 73.6 Å². The van der Waals surface area contributed by atoms with Crippen molar-refractivity contribution in [3.05, 3.63) is 148 Å². The summed E-state index contributed by atoms with van der Waals surface area (Å²) in [6.07, 6.45) is 6.56. The summed E-state index contributed by atoms with van der Waals surface area (Å²) in [5.74, 6) is 0. The first-order valence-electron chi connectivity index (χ1n) is 17.6. The lowest BCUT2D eigenvalue weighted by Crippen LogP contribution is -2.09. The van der Waals surface area contributed by atoms with Crippen molar-refractivity contribution in [2.24, 2.45) is 15.0 Å². The zero-order valence-corrected chi connectivity index (χ0v) is 29.6. The second-order valence-corrected chi connectivity index (χ2v) is 12.4. The summed E-state index contributed by atoms with van der Waals surface area (Å²) in [6.45, 7) is 12.8. The average molecular weight is 644 g/mol. The van der Waals surface area contributed by atoms with Crippen LogP contribution < -0.4 is 0 Å². The molecule has 3 aromatic carbocycles. The number of hydrogen-bond acceptors (Lipinski definition) is 5. The lowest BCUT2D eigenvalue weighted by molar-refractivity contribution is 1.08. The number of pyridine rings is 2. The third-order valence-corrected chi connectivity index (χ3v) is 9.23. The highest BCUT2D eigenvalue weighted by Gasteiger charge is 2.19. The molecule has 1 aliphatic heterocycles. The van der Waals surface area contributed by atoms with Gasteiger partial charge in [0.05, 0.1) is 57.0 Å². The van der Waals surface area contributed by atoms with E-state index in [4.69, 9.17) is 24.9 Å². The van der Waals surface area contributed by atoms with Crippen molar-refractivity contribution in [1.82, 2.24) is 9.97 Å². The Kier molecular flexibility index (Phi) is 10.5. The number of aliphatic imine (C=N–C) groups is 3. The molecular weight excluding hydrogens is 599 g/mol. The minimum atomic E-state index is 0.589. The number of hydrogen-bond donors (Lipinski definition) is 0. The first kappa shape index (κ1) is 33.6. The van der Waals surface area contributed by atoms with Gasteiger partial charge in [0.1, 0.15) is 0 Å². The van der Waals surface area contributed by atoms with Crippen LogP contribution in [0.3, 0.4) is 0 Å². The van der Waals surface area contributed by atoms with Crippen LogP contribution in [-0.2, 0) is 25.7 Å². The molecule has 0 amide bonds. The van der Waals surface area contributed by atoms with Gasteiger partial charge in [0.2, 0.25) is 0 Å². The molecule has 5 aromatic rings. The van der Waals surface area contributed by atoms with E-state index in [1.807, 2.05) is 12.1 Å². The van der Waals surface area contributed by atoms with Crippen LogP contribution in [0.2, 0.25) is 0 Å². The molecule has 246 valence electrons. The van der Waals surface area contributed by atoms with Gasteiger partial charge in [0.15, 0.2) is 0 Å². The van der Waals surface area contributed by atoms with Crippen LogP contribution in [0.25, 0.3) is 11.6 Å². The van der Waals surface area contributed by atoms with Gasteiger partial charge in [-0.3, -0.25) is 15.0 Å². The normalized spacial score (nSPS) is 13.4. The van der Waals surface area contributed by atoms with Gasteiger partial charge in [0, 0.05) is 12.0 Å². The smallest absolute Gasteiger partial charge is 0.0856 e. The molecule has 2 aromatic heterocycles. The van der Waals surface area contributed by atoms with E-state index in [-0.39, 0.29) is 0 Å². The highest BCUT2D eigenvalue weighted by molar-refractivity contribution is 6.11. The van der Waals surface area contributed by atoms with E-state index in [1.165, 1.54) is 22.3 Å². The topological polar surface area (TPSA) is 62.9 Å². The Labute approximate surface area is 291 Å². The van der Waals surface area contributed by atoms with Gasteiger partial charge in [-0.2, -0.15) is 0 Å². The Hall–Kier alpha value is -5.29. The monoisotopic (exact) mass is 643 g/mol. The summed E-state index contributed by atoms with van der Waals surface area (Å²) in [5.41, 5.74) is 16.4. The Morgan fingerprint density at radius 3 is 1.55 bits per heavy atom. The van der Waals surface area contributed by atoms with Crippen LogP contribution in [0.15, 0.2) is 112 Å². The maximum Gasteiger partial charge on any atom is 0.0856 e. The standard InChI is InChI=1S/C44H45N5/c1-7-31-18-13-19-32(8-2)43(31)45-29(5)37-23-15-25-40(47-37)36-27-35-17-11-12-22-39(35)49-42(28-36)41-26-16-24-38(48-41)30(6)46-44-33(9-3)20-14-21-34(44)10-4/h11-27H,7-10,28H2,1-6H3. The lowest BCUT2D eigenvalue weighted by Gasteiger charge is -2.13. The number of allylic oxidation sites excluding steroid dienone is 1. The molecule has 0 fully saturated rings. The van der Waals surface area contributed by atoms with Crippen molar-refractivity contribution in [2.75, 3.05) is 0 Å². The van der Waals surface area contributed by atoms with Gasteiger partial charge in [-0.1, -0.05) is 94.4 Å². The highest BCUT2D eigenvalue weighted by Crippen LogP contribution is 2.33. The van der Waals surface area contributed by atoms with E-state index in [9.17, 15) is 0 Å². The fourth-order valence-corrected chi connectivity index (χ4v) is 6.41. The molecule has 0 unspecified atom stereocenters. The van der Waals surface area contributed by atoms with Gasteiger partial charge in [-0.25, -0.2) is 9.97 Å². The van der Waals surface area contributed by atoms with Crippen molar-refractivity contribution in [1.29, 1.82) is 0 Å². The number of nitrogens with zero attached hydrogens (tertiary/aromatic N) is 5. The Balaban J connectivity index is 1.38. The third kappa shape index (κ3) is 7.41. The van der Waals surface area contributed by atoms with Crippen molar-refractivity contribution >= 4 is 45.8 Å². The fraction of sp³-hybridized carbons (Fsp3) is 0.250. The molecule has 49 heavy (non-hydrogen) atoms. The molecule has 5 heteroatoms. The van der Waals surface area contributed by atoms with E-state index in [0.29, 0.717) is 6.42 Å². The fourth-order valence-electron chi connectivity index (χ4n) is 6.41. The summed E-state index contributed by atoms with van der Waals surface area (Å²) < 4.78 is 0. The molecule has 0 saturated heterocycles. The second kappa shape index (κ2) is 15.3. The van der Waals surface area contributed by atoms with Crippen LogP contribution in [0.5, 0.6) is 0 Å². The lowest BCUT2D eigenvalue weighted by atomic mass is 10.00. The van der Waals surface area contributed by atoms with E-state index in [1.54, 1.807) is 0 Å². The molecule has 0 saturated carbocycles. The molecule has 0 bridgehead atoms. The van der Waals surface area contributed by atoms with Gasteiger partial charge < -0.3 is 0 Å². The quantitative estimate of drug-likeness (QED) is 0.142. The minimum Gasteiger partial charge on any atom is -0.251 e. The number of rotatable bonds is 10. The Morgan fingerprint density at radius 2 is 1.02 bits per heavy atom. The molecule has 1 aliphatic rings. The SMILES string of the molecule is CCc1cccc(CC)c1N=C(C)c1cccc(C2=Cc3ccccc3N=C(c3cccc(C(C)=Nc4c(CC)cccc4CC)n3)C2)n1. The van der Waals surface area contributed by atoms with Crippen LogP contribution >= 0.6 is 0 Å². The zero-order valence-electron chi connectivity index (χ0n) is 29.6. The molecule has 0 spiro atoms. The summed E-state index contributed by atoms with van der Waals surface area (Å²) in [6, 6.07) is 33.6. The number of aryl methyl sites for hydroxylation is 4. The van der Waals surface area contributed by atoms with E-state index in [2.05, 4.69) is 133 Å². The number of aromatic nitrogens is 2. The molecule has 0 radical (unpaired) electrons. The largest absolute Gasteiger partial charge is 0.251 e. The van der Waals surface area contributed by atoms with E-state index in [0.717, 1.165) is 93.8 Å². The third-order valence-electron chi connectivity index (χ3n) is 9.23. The number of para-hydroxylation sites is 3. The molecule has 0 N–H and O–H groups in total. The molecule has 0 aliphatic carbocycles. The average Bonchev–Trinajstić information content (AvgIpc) is 3.35. The second-order valence-electron chi connectivity index (χ2n) is 12.4. The van der Waals surface area contributed by atoms with Crippen LogP contribution in [-0.4, -0.2) is 27.1 Å². The van der Waals surface area contributed by atoms with Gasteiger partial charge in [-0.05, 0) is 104 Å². The highest BCUT2D eigenvalue weighted by atomic mass is 14.9. The summed E-state index contributed by atoms with van der Waals surface area (Å²) >= 11 is 0. The summed E-state index contributed by atoms with van der Waals surface area (Å²) in [7, 11) is 0. The minimum absolute atomic E-state index is 0.589. The van der Waals surface area contributed by atoms with E-state index >= 15 is 0 Å². The maximum atomic E-state index is 5.19. The first-order chi connectivity index (χ1) is 23.9. The molecular formula is C44H45N5. The van der Waals surface area contributed by atoms with Crippen molar-refractivity contribution in [3.63, 3.8) is 0 Å². The summed E-state index contributed by atoms with van der Waals surface area (Å²) in [4.78, 5) is 25.8. The van der Waals surface area contributed by atoms with Gasteiger partial charge in [0.25, 0.3) is 0 Å². The van der Waals surface area contributed by atoms with Gasteiger partial charge in [-0.15, -0.1) is 0 Å². The first-order valence-corrected chi connectivity index (χ1v) is 17.6. The van der Waals surface area contributed by atoms with Crippen molar-refractivity contribution < 1.29 is 0 Å². The van der Waals surface area contributed by atoms with Crippen LogP contribution in [0.1, 0.15) is 98.6 Å². The van der Waals surface area contributed by atoms with Gasteiger partial charge >= 0.3 is 0 Å². The molecule has 0 atom stereocenters. The molecule has 5 nitrogen and oxygen atoms in total. The van der Waals surface area contributed by atoms with Crippen LogP contribution in [0, 0.1) is 0 Å².